The summed E-state index contributed by atoms with van der Waals surface area (Å²) in [6, 6.07) is 0. The molecule has 1 nitrogen and oxygen atoms in total. The molecule has 0 unspecified atom stereocenters. The number of halogens is 1. The molecule has 0 aliphatic rings. The first-order valence-corrected chi connectivity index (χ1v) is 5.20. The highest BCUT2D eigenvalue weighted by Gasteiger charge is 1.85. The zero-order valence-electron chi connectivity index (χ0n) is 5.74. The Balaban J connectivity index is 3.03. The molecule has 0 saturated heterocycles. The van der Waals surface area contributed by atoms with Gasteiger partial charge < -0.3 is 0 Å². The maximum absolute atomic E-state index is 3.18. The van der Waals surface area contributed by atoms with Crippen LogP contribution in [0.1, 0.15) is 20.3 Å². The molecule has 2 heteroatoms. The summed E-state index contributed by atoms with van der Waals surface area (Å²) in [5.41, 5.74) is 0. The fraction of sp³-hybridized carbons (Fsp3) is 0.833. The minimum absolute atomic E-state index is 0.219. The Morgan fingerprint density at radius 3 is 2.62 bits per heavy atom. The molecule has 0 bridgehead atoms. The van der Waals surface area contributed by atoms with E-state index in [1.165, 1.54) is 6.42 Å². The highest BCUT2D eigenvalue weighted by atomic mass is 127. The molecule has 0 rings (SSSR count). The second-order valence-corrected chi connectivity index (χ2v) is 4.66. The minimum Gasteiger partial charge on any atom is -0.270 e. The molecule has 0 atom stereocenters. The summed E-state index contributed by atoms with van der Waals surface area (Å²) in [5.74, 6) is 0.836. The quantitative estimate of drug-likeness (QED) is 0.573. The number of nitrogens with one attached hydrogen (secondary N) is 1. The van der Waals surface area contributed by atoms with Gasteiger partial charge in [-0.1, -0.05) is 13.8 Å². The lowest BCUT2D eigenvalue weighted by molar-refractivity contribution is 0.694. The topological polar surface area (TPSA) is 12.0 Å². The molecule has 50 valence electrons. The summed E-state index contributed by atoms with van der Waals surface area (Å²) < 4.78 is 5.56. The van der Waals surface area contributed by atoms with Crippen molar-refractivity contribution in [1.29, 1.82) is 0 Å². The molecule has 0 aliphatic heterocycles. The molecule has 0 saturated carbocycles. The van der Waals surface area contributed by atoms with Crippen LogP contribution in [0.15, 0.2) is 0 Å². The molecule has 0 amide bonds. The normalized spacial score (nSPS) is 12.5. The van der Waals surface area contributed by atoms with Gasteiger partial charge in [0.2, 0.25) is 0 Å². The Morgan fingerprint density at radius 1 is 1.62 bits per heavy atom. The highest BCUT2D eigenvalue weighted by molar-refractivity contribution is 14.2. The molecule has 0 radical (unpaired) electrons. The monoisotopic (exact) mass is 227 g/mol. The second-order valence-electron chi connectivity index (χ2n) is 2.08. The van der Waals surface area contributed by atoms with Gasteiger partial charge in [0.1, 0.15) is 0 Å². The van der Waals surface area contributed by atoms with Crippen LogP contribution in [-0.4, -0.2) is 11.1 Å². The number of hydrogen-bond acceptors (Lipinski definition) is 1. The van der Waals surface area contributed by atoms with Gasteiger partial charge in [0.25, 0.3) is 0 Å². The zero-order valence-corrected chi connectivity index (χ0v) is 7.90. The van der Waals surface area contributed by atoms with Crippen LogP contribution in [-0.2, 0) is 0 Å². The smallest absolute Gasteiger partial charge is 0.00689 e. The van der Waals surface area contributed by atoms with Crippen LogP contribution in [0, 0.1) is 5.92 Å². The summed E-state index contributed by atoms with van der Waals surface area (Å²) in [6.45, 7) is 4.49. The first kappa shape index (κ1) is 8.56. The lowest BCUT2D eigenvalue weighted by Crippen LogP contribution is -1.88. The van der Waals surface area contributed by atoms with E-state index < -0.39 is 0 Å². The van der Waals surface area contributed by atoms with E-state index in [0.717, 1.165) is 5.92 Å². The van der Waals surface area contributed by atoms with Crippen molar-refractivity contribution >= 4 is 25.0 Å². The van der Waals surface area contributed by atoms with Crippen LogP contribution in [0.3, 0.4) is 0 Å². The summed E-state index contributed by atoms with van der Waals surface area (Å²) in [5, 5.41) is 0. The first-order valence-electron chi connectivity index (χ1n) is 2.88. The van der Waals surface area contributed by atoms with E-state index in [2.05, 4.69) is 21.4 Å². The maximum atomic E-state index is 3.18. The van der Waals surface area contributed by atoms with Crippen molar-refractivity contribution in [3.8, 4) is 0 Å². The second kappa shape index (κ2) is 5.69. The standard InChI is InChI=1S/C6H14IN/c1-6(2)4-5-7-8-3/h5-6,8H,4H2,1-3H3. The highest BCUT2D eigenvalue weighted by Crippen LogP contribution is 1.97. The fourth-order valence-corrected chi connectivity index (χ4v) is 2.01. The predicted octanol–water partition coefficient (Wildman–Crippen LogP) is 1.94. The van der Waals surface area contributed by atoms with Gasteiger partial charge >= 0.3 is 0 Å². The van der Waals surface area contributed by atoms with Gasteiger partial charge in [0, 0.05) is 0 Å². The first-order chi connectivity index (χ1) is 3.77. The van der Waals surface area contributed by atoms with Crippen LogP contribution >= 0.6 is 21.0 Å². The van der Waals surface area contributed by atoms with Gasteiger partial charge in [-0.05, 0) is 44.4 Å². The SMILES string of the molecule is CNI=CCC(C)C. The lowest BCUT2D eigenvalue weighted by Gasteiger charge is -1.94. The van der Waals surface area contributed by atoms with Crippen LogP contribution in [0.25, 0.3) is 0 Å². The summed E-state index contributed by atoms with van der Waals surface area (Å²) in [7, 11) is 2.02. The average Bonchev–Trinajstić information content (AvgIpc) is 1.66. The third kappa shape index (κ3) is 6.56. The van der Waals surface area contributed by atoms with E-state index in [-0.39, 0.29) is 21.0 Å². The van der Waals surface area contributed by atoms with Gasteiger partial charge in [-0.3, -0.25) is 3.53 Å². The van der Waals surface area contributed by atoms with Crippen LogP contribution in [0.4, 0.5) is 0 Å². The Morgan fingerprint density at radius 2 is 2.25 bits per heavy atom. The van der Waals surface area contributed by atoms with Crippen molar-refractivity contribution in [1.82, 2.24) is 3.53 Å². The zero-order chi connectivity index (χ0) is 6.41. The molecule has 8 heavy (non-hydrogen) atoms. The molecule has 0 aromatic carbocycles. The van der Waals surface area contributed by atoms with E-state index in [4.69, 9.17) is 0 Å². The number of hydrogen-bond donors (Lipinski definition) is 1. The van der Waals surface area contributed by atoms with E-state index in [1.807, 2.05) is 7.05 Å². The molecule has 0 spiro atoms. The lowest BCUT2D eigenvalue weighted by atomic mass is 10.2. The van der Waals surface area contributed by atoms with Gasteiger partial charge in [-0.15, -0.1) is 0 Å². The molecule has 0 aromatic heterocycles. The van der Waals surface area contributed by atoms with E-state index in [9.17, 15) is 0 Å². The van der Waals surface area contributed by atoms with Gasteiger partial charge in [-0.25, -0.2) is 0 Å². The Hall–Kier alpha value is 0.560. The van der Waals surface area contributed by atoms with Crippen molar-refractivity contribution in [2.45, 2.75) is 20.3 Å². The van der Waals surface area contributed by atoms with Crippen molar-refractivity contribution < 1.29 is 0 Å². The number of rotatable bonds is 3. The molecule has 0 aliphatic carbocycles. The summed E-state index contributed by atoms with van der Waals surface area (Å²) in [6.07, 6.45) is 1.27. The van der Waals surface area contributed by atoms with E-state index >= 15 is 0 Å². The van der Waals surface area contributed by atoms with Gasteiger partial charge in [0.15, 0.2) is 0 Å². The molecule has 1 N–H and O–H groups in total. The van der Waals surface area contributed by atoms with Crippen molar-refractivity contribution in [2.24, 2.45) is 5.92 Å². The minimum atomic E-state index is 0.219. The van der Waals surface area contributed by atoms with E-state index in [1.54, 1.807) is 0 Å². The Bertz CT molecular complexity index is 68.9. The van der Waals surface area contributed by atoms with Crippen molar-refractivity contribution in [3.63, 3.8) is 0 Å². The Kier molecular flexibility index (Phi) is 6.09. The van der Waals surface area contributed by atoms with Crippen molar-refractivity contribution in [2.75, 3.05) is 7.05 Å². The molecule has 0 heterocycles. The van der Waals surface area contributed by atoms with Crippen molar-refractivity contribution in [3.05, 3.63) is 0 Å². The molecule has 0 fully saturated rings. The van der Waals surface area contributed by atoms with Crippen LogP contribution in [0.2, 0.25) is 0 Å². The third-order valence-electron chi connectivity index (χ3n) is 0.747. The molecular weight excluding hydrogens is 213 g/mol. The van der Waals surface area contributed by atoms with Crippen LogP contribution in [0.5, 0.6) is 0 Å². The van der Waals surface area contributed by atoms with Crippen LogP contribution < -0.4 is 3.53 Å². The maximum Gasteiger partial charge on any atom is -0.00689 e. The van der Waals surface area contributed by atoms with Gasteiger partial charge in [-0.2, -0.15) is 0 Å². The predicted molar refractivity (Wildman–Crippen MR) is 48.6 cm³/mol. The summed E-state index contributed by atoms with van der Waals surface area (Å²) in [4.78, 5) is 0. The third-order valence-corrected chi connectivity index (χ3v) is 2.32. The van der Waals surface area contributed by atoms with E-state index in [0.29, 0.717) is 0 Å². The largest absolute Gasteiger partial charge is 0.270 e. The fourth-order valence-electron chi connectivity index (χ4n) is 0.300. The molecular formula is C6H14IN. The molecule has 0 aromatic rings. The van der Waals surface area contributed by atoms with Gasteiger partial charge in [0.05, 0.1) is 0 Å². The average molecular weight is 227 g/mol. The summed E-state index contributed by atoms with van der Waals surface area (Å²) >= 11 is 0.219. The Labute approximate surface area is 62.0 Å².